The van der Waals surface area contributed by atoms with E-state index < -0.39 is 15.9 Å². The molecule has 2 heterocycles. The average Bonchev–Trinajstić information content (AvgIpc) is 3.31. The van der Waals surface area contributed by atoms with Gasteiger partial charge in [-0.15, -0.1) is 0 Å². The number of amides is 1. The molecule has 0 aliphatic heterocycles. The van der Waals surface area contributed by atoms with Gasteiger partial charge in [0.25, 0.3) is 10.0 Å². The molecule has 0 saturated heterocycles. The van der Waals surface area contributed by atoms with E-state index in [0.29, 0.717) is 11.4 Å². The molecule has 13 heteroatoms. The number of nitrogens with one attached hydrogen (secondary N) is 3. The van der Waals surface area contributed by atoms with Crippen molar-refractivity contribution in [2.24, 2.45) is 0 Å². The Hall–Kier alpha value is -3.97. The second kappa shape index (κ2) is 10.6. The van der Waals surface area contributed by atoms with Crippen LogP contribution in [0.3, 0.4) is 0 Å². The van der Waals surface area contributed by atoms with Gasteiger partial charge in [-0.05, 0) is 54.7 Å². The van der Waals surface area contributed by atoms with Gasteiger partial charge in [0.2, 0.25) is 11.8 Å². The summed E-state index contributed by atoms with van der Waals surface area (Å²) >= 11 is 5.10. The number of hydrogen-bond donors (Lipinski definition) is 3. The number of sulfonamides is 1. The molecule has 1 amide bonds. The standard InChI is InChI=1S/C20H19N5O6S2/c1-29-18-12-16(22-19(24-18)30-2)25-33(27,28)15-8-5-13(6-9-15)21-20(32)23-17(26)10-7-14-4-3-11-31-14/h3-12H,1-2H3,(H,22,24,25)(H2,21,23,26,32). The van der Waals surface area contributed by atoms with Crippen LogP contribution in [0.15, 0.2) is 64.1 Å². The van der Waals surface area contributed by atoms with Crippen LogP contribution in [0.2, 0.25) is 0 Å². The van der Waals surface area contributed by atoms with Gasteiger partial charge in [-0.3, -0.25) is 14.8 Å². The number of carbonyl (C=O) groups is 1. The largest absolute Gasteiger partial charge is 0.481 e. The molecule has 0 radical (unpaired) electrons. The fraction of sp³-hybridized carbons (Fsp3) is 0.100. The summed E-state index contributed by atoms with van der Waals surface area (Å²) in [6, 6.07) is 10.4. The Bertz CT molecular complexity index is 1240. The van der Waals surface area contributed by atoms with Crippen LogP contribution in [-0.4, -0.2) is 43.6 Å². The molecule has 172 valence electrons. The van der Waals surface area contributed by atoms with E-state index in [-0.39, 0.29) is 27.7 Å². The van der Waals surface area contributed by atoms with Crippen molar-refractivity contribution in [1.29, 1.82) is 0 Å². The minimum Gasteiger partial charge on any atom is -0.481 e. The van der Waals surface area contributed by atoms with E-state index in [1.165, 1.54) is 63.0 Å². The predicted molar refractivity (Wildman–Crippen MR) is 124 cm³/mol. The van der Waals surface area contributed by atoms with Crippen molar-refractivity contribution >= 4 is 50.8 Å². The fourth-order valence-electron chi connectivity index (χ4n) is 2.43. The quantitative estimate of drug-likeness (QED) is 0.319. The highest BCUT2D eigenvalue weighted by atomic mass is 32.2. The van der Waals surface area contributed by atoms with Gasteiger partial charge in [-0.1, -0.05) is 0 Å². The first-order valence-corrected chi connectivity index (χ1v) is 11.1. The zero-order valence-electron chi connectivity index (χ0n) is 17.4. The van der Waals surface area contributed by atoms with E-state index in [1.807, 2.05) is 0 Å². The summed E-state index contributed by atoms with van der Waals surface area (Å²) in [6.45, 7) is 0. The lowest BCUT2D eigenvalue weighted by atomic mass is 10.3. The van der Waals surface area contributed by atoms with Gasteiger partial charge >= 0.3 is 6.01 Å². The molecule has 0 saturated carbocycles. The van der Waals surface area contributed by atoms with Crippen molar-refractivity contribution in [3.8, 4) is 11.9 Å². The molecular formula is C20H19N5O6S2. The molecule has 2 aromatic heterocycles. The Morgan fingerprint density at radius 1 is 1.12 bits per heavy atom. The Kier molecular flexibility index (Phi) is 7.58. The zero-order valence-corrected chi connectivity index (χ0v) is 19.1. The van der Waals surface area contributed by atoms with E-state index in [0.717, 1.165) is 0 Å². The maximum absolute atomic E-state index is 12.7. The number of anilines is 2. The third kappa shape index (κ3) is 6.75. The number of nitrogens with zero attached hydrogens (tertiary/aromatic N) is 2. The number of benzene rings is 1. The van der Waals surface area contributed by atoms with Crippen LogP contribution in [0.25, 0.3) is 6.08 Å². The normalized spacial score (nSPS) is 11.1. The van der Waals surface area contributed by atoms with Crippen molar-refractivity contribution in [3.63, 3.8) is 0 Å². The van der Waals surface area contributed by atoms with Crippen LogP contribution in [0.1, 0.15) is 5.76 Å². The summed E-state index contributed by atoms with van der Waals surface area (Å²) in [5.74, 6) is 0.178. The number of thiocarbonyl (C=S) groups is 1. The minimum atomic E-state index is -3.96. The maximum Gasteiger partial charge on any atom is 0.321 e. The van der Waals surface area contributed by atoms with Crippen LogP contribution in [0, 0.1) is 0 Å². The van der Waals surface area contributed by atoms with Crippen LogP contribution in [0.4, 0.5) is 11.5 Å². The molecular weight excluding hydrogens is 470 g/mol. The van der Waals surface area contributed by atoms with Gasteiger partial charge in [0, 0.05) is 17.8 Å². The summed E-state index contributed by atoms with van der Waals surface area (Å²) in [7, 11) is -1.22. The molecule has 3 rings (SSSR count). The van der Waals surface area contributed by atoms with Crippen molar-refractivity contribution in [3.05, 3.63) is 60.6 Å². The van der Waals surface area contributed by atoms with E-state index in [4.69, 9.17) is 26.1 Å². The van der Waals surface area contributed by atoms with E-state index in [9.17, 15) is 13.2 Å². The third-order valence-electron chi connectivity index (χ3n) is 3.91. The summed E-state index contributed by atoms with van der Waals surface area (Å²) in [6.07, 6.45) is 4.25. The van der Waals surface area contributed by atoms with E-state index >= 15 is 0 Å². The average molecular weight is 490 g/mol. The van der Waals surface area contributed by atoms with Crippen molar-refractivity contribution in [2.75, 3.05) is 24.3 Å². The summed E-state index contributed by atoms with van der Waals surface area (Å²) in [5.41, 5.74) is 0.472. The van der Waals surface area contributed by atoms with Crippen molar-refractivity contribution < 1.29 is 27.1 Å². The number of aromatic nitrogens is 2. The maximum atomic E-state index is 12.7. The number of ether oxygens (including phenoxy) is 2. The monoisotopic (exact) mass is 489 g/mol. The summed E-state index contributed by atoms with van der Waals surface area (Å²) in [5, 5.41) is 5.31. The zero-order chi connectivity index (χ0) is 23.8. The summed E-state index contributed by atoms with van der Waals surface area (Å²) in [4.78, 5) is 19.7. The number of hydrogen-bond acceptors (Lipinski definition) is 9. The van der Waals surface area contributed by atoms with Gasteiger partial charge in [-0.25, -0.2) is 8.42 Å². The molecule has 0 fully saturated rings. The lowest BCUT2D eigenvalue weighted by Gasteiger charge is -2.11. The van der Waals surface area contributed by atoms with Gasteiger partial charge < -0.3 is 19.2 Å². The number of rotatable bonds is 8. The highest BCUT2D eigenvalue weighted by Crippen LogP contribution is 2.21. The van der Waals surface area contributed by atoms with E-state index in [2.05, 4.69) is 25.3 Å². The fourth-order valence-corrected chi connectivity index (χ4v) is 3.64. The van der Waals surface area contributed by atoms with Crippen LogP contribution in [0.5, 0.6) is 11.9 Å². The Balaban J connectivity index is 1.62. The first-order chi connectivity index (χ1) is 15.8. The van der Waals surface area contributed by atoms with Gasteiger partial charge in [0.05, 0.1) is 25.4 Å². The Morgan fingerprint density at radius 3 is 2.52 bits per heavy atom. The van der Waals surface area contributed by atoms with Crippen molar-refractivity contribution in [2.45, 2.75) is 4.90 Å². The second-order valence-electron chi connectivity index (χ2n) is 6.20. The molecule has 0 unspecified atom stereocenters. The van der Waals surface area contributed by atoms with Crippen LogP contribution in [-0.2, 0) is 14.8 Å². The Morgan fingerprint density at radius 2 is 1.88 bits per heavy atom. The predicted octanol–water partition coefficient (Wildman–Crippen LogP) is 2.41. The second-order valence-corrected chi connectivity index (χ2v) is 8.29. The minimum absolute atomic E-state index is 0.0209. The smallest absolute Gasteiger partial charge is 0.321 e. The molecule has 3 N–H and O–H groups in total. The molecule has 0 spiro atoms. The van der Waals surface area contributed by atoms with Gasteiger partial charge in [0.15, 0.2) is 10.9 Å². The molecule has 11 nitrogen and oxygen atoms in total. The number of methoxy groups -OCH3 is 2. The van der Waals surface area contributed by atoms with Gasteiger partial charge in [-0.2, -0.15) is 9.97 Å². The summed E-state index contributed by atoms with van der Waals surface area (Å²) < 4.78 is 42.7. The molecule has 0 aliphatic rings. The topological polar surface area (TPSA) is 145 Å². The molecule has 3 aromatic rings. The lowest BCUT2D eigenvalue weighted by molar-refractivity contribution is -0.115. The Labute approximate surface area is 194 Å². The van der Waals surface area contributed by atoms with Crippen molar-refractivity contribution in [1.82, 2.24) is 15.3 Å². The molecule has 0 bridgehead atoms. The van der Waals surface area contributed by atoms with Gasteiger partial charge in [0.1, 0.15) is 5.76 Å². The van der Waals surface area contributed by atoms with Crippen LogP contribution >= 0.6 is 12.2 Å². The lowest BCUT2D eigenvalue weighted by Crippen LogP contribution is -2.32. The van der Waals surface area contributed by atoms with E-state index in [1.54, 1.807) is 12.1 Å². The number of furan rings is 1. The first kappa shape index (κ1) is 23.7. The first-order valence-electron chi connectivity index (χ1n) is 9.22. The molecule has 0 atom stereocenters. The highest BCUT2D eigenvalue weighted by molar-refractivity contribution is 7.92. The molecule has 33 heavy (non-hydrogen) atoms. The van der Waals surface area contributed by atoms with Crippen LogP contribution < -0.4 is 24.8 Å². The molecule has 1 aromatic carbocycles. The SMILES string of the molecule is COc1cc(NS(=O)(=O)c2ccc(NC(=S)NC(=O)C=Cc3ccco3)cc2)nc(OC)n1. The number of carbonyl (C=O) groups excluding carboxylic acids is 1. The third-order valence-corrected chi connectivity index (χ3v) is 5.49. The highest BCUT2D eigenvalue weighted by Gasteiger charge is 2.17. The molecule has 0 aliphatic carbocycles.